The van der Waals surface area contributed by atoms with Crippen LogP contribution in [-0.4, -0.2) is 12.6 Å². The molecular weight excluding hydrogens is 242 g/mol. The Kier molecular flexibility index (Phi) is 4.69. The lowest BCUT2D eigenvalue weighted by Gasteiger charge is -2.25. The van der Waals surface area contributed by atoms with E-state index in [9.17, 15) is 0 Å². The van der Waals surface area contributed by atoms with Gasteiger partial charge in [-0.05, 0) is 61.8 Å². The van der Waals surface area contributed by atoms with E-state index in [1.807, 2.05) is 12.1 Å². The molecule has 1 nitrogen and oxygen atoms in total. The first-order chi connectivity index (χ1) is 8.55. The van der Waals surface area contributed by atoms with Gasteiger partial charge in [0.05, 0.1) is 0 Å². The number of hydrogen-bond acceptors (Lipinski definition) is 1. The van der Waals surface area contributed by atoms with Crippen LogP contribution in [0.5, 0.6) is 0 Å². The van der Waals surface area contributed by atoms with E-state index < -0.39 is 0 Å². The van der Waals surface area contributed by atoms with E-state index in [1.165, 1.54) is 31.2 Å². The maximum absolute atomic E-state index is 5.90. The first-order valence-electron chi connectivity index (χ1n) is 7.03. The Morgan fingerprint density at radius 1 is 1.17 bits per heavy atom. The minimum absolute atomic E-state index is 0.418. The van der Waals surface area contributed by atoms with E-state index in [4.69, 9.17) is 11.6 Å². The maximum atomic E-state index is 5.90. The molecule has 0 aliphatic heterocycles. The standard InChI is InChI=1S/C16H24ClN/c1-16(2,11-12-18-15-7-8-15)10-9-13-3-5-14(17)6-4-13/h3-6,15,18H,7-12H2,1-2H3. The van der Waals surface area contributed by atoms with Crippen molar-refractivity contribution in [3.05, 3.63) is 34.9 Å². The molecule has 0 unspecified atom stereocenters. The van der Waals surface area contributed by atoms with E-state index >= 15 is 0 Å². The zero-order valence-corrected chi connectivity index (χ0v) is 12.3. The molecule has 0 radical (unpaired) electrons. The average Bonchev–Trinajstić information content (AvgIpc) is 3.12. The van der Waals surface area contributed by atoms with Crippen LogP contribution in [0.4, 0.5) is 0 Å². The lowest BCUT2D eigenvalue weighted by atomic mass is 9.83. The molecule has 0 bridgehead atoms. The molecule has 0 amide bonds. The van der Waals surface area contributed by atoms with Gasteiger partial charge in [0.25, 0.3) is 0 Å². The van der Waals surface area contributed by atoms with Crippen LogP contribution in [0.1, 0.15) is 45.1 Å². The van der Waals surface area contributed by atoms with Crippen LogP contribution >= 0.6 is 11.6 Å². The summed E-state index contributed by atoms with van der Waals surface area (Å²) in [6.07, 6.45) is 6.40. The smallest absolute Gasteiger partial charge is 0.0406 e. The van der Waals surface area contributed by atoms with Crippen LogP contribution in [0.2, 0.25) is 5.02 Å². The lowest BCUT2D eigenvalue weighted by molar-refractivity contribution is 0.302. The Balaban J connectivity index is 1.70. The molecule has 0 saturated heterocycles. The van der Waals surface area contributed by atoms with Crippen LogP contribution in [-0.2, 0) is 6.42 Å². The van der Waals surface area contributed by atoms with Crippen molar-refractivity contribution in [3.8, 4) is 0 Å². The third-order valence-electron chi connectivity index (χ3n) is 3.82. The van der Waals surface area contributed by atoms with Crippen molar-refractivity contribution in [2.45, 2.75) is 52.0 Å². The van der Waals surface area contributed by atoms with Gasteiger partial charge in [-0.25, -0.2) is 0 Å². The molecule has 1 aromatic carbocycles. The van der Waals surface area contributed by atoms with E-state index in [2.05, 4.69) is 31.3 Å². The van der Waals surface area contributed by atoms with Crippen molar-refractivity contribution >= 4 is 11.6 Å². The van der Waals surface area contributed by atoms with Crippen molar-refractivity contribution in [2.75, 3.05) is 6.54 Å². The normalized spacial score (nSPS) is 15.9. The highest BCUT2D eigenvalue weighted by atomic mass is 35.5. The molecule has 0 aromatic heterocycles. The summed E-state index contributed by atoms with van der Waals surface area (Å²) in [6.45, 7) is 5.91. The molecule has 2 heteroatoms. The monoisotopic (exact) mass is 265 g/mol. The van der Waals surface area contributed by atoms with Gasteiger partial charge in [0.2, 0.25) is 0 Å². The molecule has 2 rings (SSSR count). The number of benzene rings is 1. The van der Waals surface area contributed by atoms with Gasteiger partial charge in [-0.1, -0.05) is 37.6 Å². The number of hydrogen-bond donors (Lipinski definition) is 1. The van der Waals surface area contributed by atoms with Gasteiger partial charge in [-0.15, -0.1) is 0 Å². The van der Waals surface area contributed by atoms with Crippen molar-refractivity contribution in [1.82, 2.24) is 5.32 Å². The SMILES string of the molecule is CC(C)(CCNC1CC1)CCc1ccc(Cl)cc1. The third-order valence-corrected chi connectivity index (χ3v) is 4.07. The van der Waals surface area contributed by atoms with Crippen LogP contribution < -0.4 is 5.32 Å². The van der Waals surface area contributed by atoms with Gasteiger partial charge in [0, 0.05) is 11.1 Å². The van der Waals surface area contributed by atoms with Crippen molar-refractivity contribution in [2.24, 2.45) is 5.41 Å². The summed E-state index contributed by atoms with van der Waals surface area (Å²) in [4.78, 5) is 0. The third kappa shape index (κ3) is 4.99. The average molecular weight is 266 g/mol. The molecule has 0 heterocycles. The molecule has 18 heavy (non-hydrogen) atoms. The Hall–Kier alpha value is -0.530. The first kappa shape index (κ1) is 13.9. The fourth-order valence-electron chi connectivity index (χ4n) is 2.16. The van der Waals surface area contributed by atoms with Gasteiger partial charge in [-0.3, -0.25) is 0 Å². The Morgan fingerprint density at radius 2 is 1.83 bits per heavy atom. The summed E-state index contributed by atoms with van der Waals surface area (Å²) < 4.78 is 0. The van der Waals surface area contributed by atoms with E-state index in [1.54, 1.807) is 0 Å². The number of nitrogens with one attached hydrogen (secondary N) is 1. The molecule has 0 spiro atoms. The summed E-state index contributed by atoms with van der Waals surface area (Å²) in [6, 6.07) is 9.08. The van der Waals surface area contributed by atoms with Crippen molar-refractivity contribution < 1.29 is 0 Å². The zero-order valence-electron chi connectivity index (χ0n) is 11.5. The second-order valence-corrected chi connectivity index (χ2v) is 6.71. The minimum Gasteiger partial charge on any atom is -0.314 e. The van der Waals surface area contributed by atoms with Crippen LogP contribution in [0, 0.1) is 5.41 Å². The number of aryl methyl sites for hydroxylation is 1. The molecule has 0 atom stereocenters. The second kappa shape index (κ2) is 6.08. The van der Waals surface area contributed by atoms with E-state index in [-0.39, 0.29) is 0 Å². The summed E-state index contributed by atoms with van der Waals surface area (Å²) in [5.41, 5.74) is 1.81. The quantitative estimate of drug-likeness (QED) is 0.769. The predicted molar refractivity (Wildman–Crippen MR) is 79.2 cm³/mol. The van der Waals surface area contributed by atoms with Gasteiger partial charge < -0.3 is 5.32 Å². The lowest BCUT2D eigenvalue weighted by Crippen LogP contribution is -2.24. The molecule has 1 aliphatic carbocycles. The number of rotatable bonds is 7. The largest absolute Gasteiger partial charge is 0.314 e. The van der Waals surface area contributed by atoms with Crippen LogP contribution in [0.15, 0.2) is 24.3 Å². The van der Waals surface area contributed by atoms with E-state index in [0.29, 0.717) is 5.41 Å². The highest BCUT2D eigenvalue weighted by Crippen LogP contribution is 2.27. The second-order valence-electron chi connectivity index (χ2n) is 6.27. The Bertz CT molecular complexity index is 365. The van der Waals surface area contributed by atoms with Crippen LogP contribution in [0.3, 0.4) is 0 Å². The van der Waals surface area contributed by atoms with E-state index in [0.717, 1.165) is 24.0 Å². The molecular formula is C16H24ClN. The Labute approximate surface area is 116 Å². The number of halogens is 1. The predicted octanol–water partition coefficient (Wildman–Crippen LogP) is 4.44. The topological polar surface area (TPSA) is 12.0 Å². The van der Waals surface area contributed by atoms with Gasteiger partial charge in [0.1, 0.15) is 0 Å². The summed E-state index contributed by atoms with van der Waals surface area (Å²) >= 11 is 5.90. The molecule has 1 N–H and O–H groups in total. The fourth-order valence-corrected chi connectivity index (χ4v) is 2.29. The first-order valence-corrected chi connectivity index (χ1v) is 7.41. The molecule has 100 valence electrons. The maximum Gasteiger partial charge on any atom is 0.0406 e. The summed E-state index contributed by atoms with van der Waals surface area (Å²) in [5, 5.41) is 4.43. The van der Waals surface area contributed by atoms with Crippen LogP contribution in [0.25, 0.3) is 0 Å². The summed E-state index contributed by atoms with van der Waals surface area (Å²) in [7, 11) is 0. The highest BCUT2D eigenvalue weighted by Gasteiger charge is 2.22. The molecule has 1 saturated carbocycles. The molecule has 1 aliphatic rings. The minimum atomic E-state index is 0.418. The van der Waals surface area contributed by atoms with Gasteiger partial charge in [-0.2, -0.15) is 0 Å². The van der Waals surface area contributed by atoms with Gasteiger partial charge in [0.15, 0.2) is 0 Å². The van der Waals surface area contributed by atoms with Crippen molar-refractivity contribution in [3.63, 3.8) is 0 Å². The highest BCUT2D eigenvalue weighted by molar-refractivity contribution is 6.30. The molecule has 1 fully saturated rings. The summed E-state index contributed by atoms with van der Waals surface area (Å²) in [5.74, 6) is 0. The fraction of sp³-hybridized carbons (Fsp3) is 0.625. The molecule has 1 aromatic rings. The zero-order chi connectivity index (χ0) is 13.0. The Morgan fingerprint density at radius 3 is 2.44 bits per heavy atom. The van der Waals surface area contributed by atoms with Gasteiger partial charge >= 0.3 is 0 Å². The van der Waals surface area contributed by atoms with Crippen molar-refractivity contribution in [1.29, 1.82) is 0 Å².